The highest BCUT2D eigenvalue weighted by atomic mass is 35.5. The van der Waals surface area contributed by atoms with Crippen LogP contribution in [0.3, 0.4) is 0 Å². The van der Waals surface area contributed by atoms with Gasteiger partial charge in [-0.15, -0.1) is 4.58 Å². The van der Waals surface area contributed by atoms with E-state index in [9.17, 15) is 0 Å². The van der Waals surface area contributed by atoms with Crippen LogP contribution in [0, 0.1) is 0 Å². The lowest BCUT2D eigenvalue weighted by Gasteiger charge is -2.15. The molecule has 0 aliphatic rings. The number of para-hydroxylation sites is 2. The Kier molecular flexibility index (Phi) is 3.10. The molecule has 0 aromatic heterocycles. The molecule has 0 heterocycles. The summed E-state index contributed by atoms with van der Waals surface area (Å²) in [6, 6.07) is 18.9. The van der Waals surface area contributed by atoms with Gasteiger partial charge in [0.1, 0.15) is 0 Å². The van der Waals surface area contributed by atoms with E-state index in [4.69, 9.17) is 16.6 Å². The lowest BCUT2D eigenvalue weighted by Crippen LogP contribution is -2.14. The number of halogens is 1. The summed E-state index contributed by atoms with van der Waals surface area (Å²) in [6.07, 6.45) is 0. The number of hydrogen-bond acceptors (Lipinski definition) is 2. The first-order valence-electron chi connectivity index (χ1n) is 4.60. The third-order valence-electron chi connectivity index (χ3n) is 1.89. The van der Waals surface area contributed by atoms with Crippen LogP contribution in [0.1, 0.15) is 0 Å². The minimum atomic E-state index is 0.705. The van der Waals surface area contributed by atoms with Crippen molar-refractivity contribution >= 4 is 17.5 Å². The van der Waals surface area contributed by atoms with E-state index in [1.165, 1.54) is 4.58 Å². The average molecular weight is 220 g/mol. The number of anilines is 1. The SMILES string of the molecule is ClN(Oc1ccccc1)c1ccccc1. The van der Waals surface area contributed by atoms with E-state index in [0.29, 0.717) is 5.75 Å². The fourth-order valence-corrected chi connectivity index (χ4v) is 1.36. The van der Waals surface area contributed by atoms with Gasteiger partial charge >= 0.3 is 0 Å². The number of nitrogens with zero attached hydrogens (tertiary/aromatic N) is 1. The molecule has 2 nitrogen and oxygen atoms in total. The maximum absolute atomic E-state index is 5.95. The summed E-state index contributed by atoms with van der Waals surface area (Å²) in [5.74, 6) is 0.705. The fourth-order valence-electron chi connectivity index (χ4n) is 1.17. The molecule has 0 saturated heterocycles. The van der Waals surface area contributed by atoms with Gasteiger partial charge in [-0.25, -0.2) is 0 Å². The Morgan fingerprint density at radius 3 is 1.93 bits per heavy atom. The van der Waals surface area contributed by atoms with Crippen molar-refractivity contribution < 1.29 is 4.84 Å². The van der Waals surface area contributed by atoms with E-state index in [-0.39, 0.29) is 0 Å². The van der Waals surface area contributed by atoms with Crippen LogP contribution in [0.25, 0.3) is 0 Å². The molecule has 2 aromatic rings. The van der Waals surface area contributed by atoms with Gasteiger partial charge in [-0.2, -0.15) is 0 Å². The van der Waals surface area contributed by atoms with Gasteiger partial charge in [0.2, 0.25) is 0 Å². The van der Waals surface area contributed by atoms with Crippen molar-refractivity contribution in [3.8, 4) is 5.75 Å². The smallest absolute Gasteiger partial charge is 0.157 e. The molecule has 2 aromatic carbocycles. The maximum Gasteiger partial charge on any atom is 0.157 e. The Morgan fingerprint density at radius 1 is 0.800 bits per heavy atom. The Labute approximate surface area is 93.7 Å². The lowest BCUT2D eigenvalue weighted by atomic mass is 10.3. The number of rotatable bonds is 3. The summed E-state index contributed by atoms with van der Waals surface area (Å²) in [4.78, 5) is 5.40. The molecule has 0 bridgehead atoms. The Balaban J connectivity index is 2.08. The highest BCUT2D eigenvalue weighted by Gasteiger charge is 2.03. The fraction of sp³-hybridized carbons (Fsp3) is 0. The van der Waals surface area contributed by atoms with Crippen LogP contribution in [-0.4, -0.2) is 0 Å². The third kappa shape index (κ3) is 2.64. The predicted molar refractivity (Wildman–Crippen MR) is 61.8 cm³/mol. The molecule has 0 spiro atoms. The molecule has 0 aliphatic carbocycles. The van der Waals surface area contributed by atoms with Crippen LogP contribution in [0.2, 0.25) is 0 Å². The van der Waals surface area contributed by atoms with Gasteiger partial charge in [0.15, 0.2) is 5.75 Å². The van der Waals surface area contributed by atoms with Crippen molar-refractivity contribution in [2.75, 3.05) is 4.58 Å². The zero-order valence-electron chi connectivity index (χ0n) is 8.01. The van der Waals surface area contributed by atoms with Crippen LogP contribution in [0.5, 0.6) is 5.75 Å². The lowest BCUT2D eigenvalue weighted by molar-refractivity contribution is 0.347. The highest BCUT2D eigenvalue weighted by molar-refractivity contribution is 6.24. The van der Waals surface area contributed by atoms with Crippen molar-refractivity contribution in [3.63, 3.8) is 0 Å². The van der Waals surface area contributed by atoms with Crippen LogP contribution in [-0.2, 0) is 0 Å². The summed E-state index contributed by atoms with van der Waals surface area (Å²) in [5, 5.41) is 0. The van der Waals surface area contributed by atoms with Gasteiger partial charge in [-0.1, -0.05) is 36.4 Å². The monoisotopic (exact) mass is 219 g/mol. The van der Waals surface area contributed by atoms with Crippen molar-refractivity contribution in [1.29, 1.82) is 0 Å². The molecule has 3 heteroatoms. The van der Waals surface area contributed by atoms with Crippen LogP contribution in [0.15, 0.2) is 60.7 Å². The van der Waals surface area contributed by atoms with Gasteiger partial charge in [0, 0.05) is 0 Å². The van der Waals surface area contributed by atoms with E-state index in [1.54, 1.807) is 0 Å². The molecule has 0 atom stereocenters. The van der Waals surface area contributed by atoms with Crippen molar-refractivity contribution in [2.24, 2.45) is 0 Å². The quantitative estimate of drug-likeness (QED) is 0.577. The maximum atomic E-state index is 5.95. The Morgan fingerprint density at radius 2 is 1.33 bits per heavy atom. The average Bonchev–Trinajstić information content (AvgIpc) is 2.31. The number of benzene rings is 2. The summed E-state index contributed by atoms with van der Waals surface area (Å²) in [7, 11) is 0. The molecular formula is C12H10ClNO. The molecule has 2 rings (SSSR count). The van der Waals surface area contributed by atoms with Gasteiger partial charge in [-0.05, 0) is 24.3 Å². The molecule has 0 radical (unpaired) electrons. The number of hydrogen-bond donors (Lipinski definition) is 0. The highest BCUT2D eigenvalue weighted by Crippen LogP contribution is 2.19. The van der Waals surface area contributed by atoms with E-state index >= 15 is 0 Å². The second kappa shape index (κ2) is 4.71. The van der Waals surface area contributed by atoms with E-state index < -0.39 is 0 Å². The van der Waals surface area contributed by atoms with Crippen LogP contribution < -0.4 is 9.42 Å². The Hall–Kier alpha value is -1.67. The summed E-state index contributed by atoms with van der Waals surface area (Å²) < 4.78 is 1.22. The second-order valence-electron chi connectivity index (χ2n) is 2.98. The van der Waals surface area contributed by atoms with Crippen molar-refractivity contribution in [2.45, 2.75) is 0 Å². The molecule has 15 heavy (non-hydrogen) atoms. The zero-order chi connectivity index (χ0) is 10.5. The first-order chi connectivity index (χ1) is 7.36. The van der Waals surface area contributed by atoms with Gasteiger partial charge < -0.3 is 4.84 Å². The molecule has 0 aliphatic heterocycles. The minimum Gasteiger partial charge on any atom is -0.364 e. The van der Waals surface area contributed by atoms with E-state index in [2.05, 4.69) is 0 Å². The van der Waals surface area contributed by atoms with Crippen molar-refractivity contribution in [3.05, 3.63) is 60.7 Å². The van der Waals surface area contributed by atoms with E-state index in [0.717, 1.165) is 5.69 Å². The molecule has 0 N–H and O–H groups in total. The summed E-state index contributed by atoms with van der Waals surface area (Å²) in [5.41, 5.74) is 0.794. The van der Waals surface area contributed by atoms with Crippen molar-refractivity contribution in [1.82, 2.24) is 0 Å². The second-order valence-corrected chi connectivity index (χ2v) is 3.29. The van der Waals surface area contributed by atoms with Crippen LogP contribution in [0.4, 0.5) is 5.69 Å². The first kappa shape index (κ1) is 9.87. The standard InChI is InChI=1S/C12H10ClNO/c13-14(11-7-3-1-4-8-11)15-12-9-5-2-6-10-12/h1-10H. The molecule has 76 valence electrons. The zero-order valence-corrected chi connectivity index (χ0v) is 8.76. The molecule has 0 fully saturated rings. The molecule has 0 amide bonds. The first-order valence-corrected chi connectivity index (χ1v) is 4.94. The third-order valence-corrected chi connectivity index (χ3v) is 2.15. The van der Waals surface area contributed by atoms with E-state index in [1.807, 2.05) is 60.7 Å². The topological polar surface area (TPSA) is 12.5 Å². The van der Waals surface area contributed by atoms with Gasteiger partial charge in [0.05, 0.1) is 17.5 Å². The molecule has 0 saturated carbocycles. The van der Waals surface area contributed by atoms with Gasteiger partial charge in [0.25, 0.3) is 0 Å². The molecule has 0 unspecified atom stereocenters. The molecular weight excluding hydrogens is 210 g/mol. The summed E-state index contributed by atoms with van der Waals surface area (Å²) >= 11 is 5.95. The largest absolute Gasteiger partial charge is 0.364 e. The normalized spacial score (nSPS) is 9.67. The van der Waals surface area contributed by atoms with Crippen LogP contribution >= 0.6 is 11.8 Å². The Bertz CT molecular complexity index is 404. The van der Waals surface area contributed by atoms with Gasteiger partial charge in [-0.3, -0.25) is 0 Å². The minimum absolute atomic E-state index is 0.705. The summed E-state index contributed by atoms with van der Waals surface area (Å²) in [6.45, 7) is 0. The predicted octanol–water partition coefficient (Wildman–Crippen LogP) is 3.64.